The van der Waals surface area contributed by atoms with Crippen molar-refractivity contribution < 1.29 is 19.1 Å². The first-order valence-electron chi connectivity index (χ1n) is 11.3. The number of nitrogen functional groups attached to an aromatic ring is 2. The van der Waals surface area contributed by atoms with E-state index in [2.05, 4.69) is 15.5 Å². The van der Waals surface area contributed by atoms with Crippen LogP contribution in [0, 0.1) is 5.92 Å². The van der Waals surface area contributed by atoms with Gasteiger partial charge in [0.25, 0.3) is 11.8 Å². The average Bonchev–Trinajstić information content (AvgIpc) is 3.30. The highest BCUT2D eigenvalue weighted by Crippen LogP contribution is 2.30. The molecule has 1 unspecified atom stereocenters. The van der Waals surface area contributed by atoms with Crippen molar-refractivity contribution >= 4 is 46.4 Å². The maximum Gasteiger partial charge on any atom is 0.255 e. The van der Waals surface area contributed by atoms with Gasteiger partial charge in [0, 0.05) is 31.8 Å². The third kappa shape index (κ3) is 6.84. The fourth-order valence-corrected chi connectivity index (χ4v) is 4.37. The summed E-state index contributed by atoms with van der Waals surface area (Å²) in [5.41, 5.74) is 13.0. The number of methoxy groups -OCH3 is 2. The summed E-state index contributed by atoms with van der Waals surface area (Å²) in [6.45, 7) is 3.71. The van der Waals surface area contributed by atoms with Crippen LogP contribution in [0.15, 0.2) is 24.3 Å². The predicted molar refractivity (Wildman–Crippen MR) is 139 cm³/mol. The van der Waals surface area contributed by atoms with Crippen molar-refractivity contribution in [2.45, 2.75) is 12.8 Å². The molecule has 1 heterocycles. The van der Waals surface area contributed by atoms with Gasteiger partial charge in [0.15, 0.2) is 0 Å². The Morgan fingerprint density at radius 3 is 2.06 bits per heavy atom. The van der Waals surface area contributed by atoms with Crippen LogP contribution < -0.4 is 31.6 Å². The Morgan fingerprint density at radius 2 is 1.51 bits per heavy atom. The van der Waals surface area contributed by atoms with E-state index in [4.69, 9.17) is 44.1 Å². The molecule has 2 aromatic rings. The fourth-order valence-electron chi connectivity index (χ4n) is 4.05. The number of nitrogens with zero attached hydrogens (tertiary/aromatic N) is 1. The standard InChI is InChI=1S/C24H31Cl2N5O4/c1-34-21-10-19(27)17(25)8-15(21)23(32)29-5-3-6-31-7-4-14(13-31)12-30-24(33)16-9-18(26)20(28)11-22(16)35-2/h8-11,14H,3-7,12-13,27-28H2,1-2H3,(H,29,32)(H,30,33). The van der Waals surface area contributed by atoms with E-state index in [1.807, 2.05) is 0 Å². The van der Waals surface area contributed by atoms with Gasteiger partial charge in [-0.1, -0.05) is 23.2 Å². The first kappa shape index (κ1) is 26.7. The maximum atomic E-state index is 12.6. The summed E-state index contributed by atoms with van der Waals surface area (Å²) in [7, 11) is 2.96. The minimum absolute atomic E-state index is 0.247. The van der Waals surface area contributed by atoms with Crippen LogP contribution in [0.3, 0.4) is 0 Å². The number of anilines is 2. The fraction of sp³-hybridized carbons (Fsp3) is 0.417. The number of amides is 2. The zero-order chi connectivity index (χ0) is 25.5. The molecule has 0 spiro atoms. The van der Waals surface area contributed by atoms with E-state index in [1.165, 1.54) is 32.4 Å². The van der Waals surface area contributed by atoms with Gasteiger partial charge in [-0.15, -0.1) is 0 Å². The molecule has 11 heteroatoms. The first-order chi connectivity index (χ1) is 16.7. The van der Waals surface area contributed by atoms with Crippen molar-refractivity contribution in [3.8, 4) is 11.5 Å². The molecule has 1 atom stereocenters. The number of carbonyl (C=O) groups is 2. The van der Waals surface area contributed by atoms with Crippen molar-refractivity contribution in [3.05, 3.63) is 45.4 Å². The Balaban J connectivity index is 1.41. The normalized spacial score (nSPS) is 15.6. The molecule has 0 radical (unpaired) electrons. The van der Waals surface area contributed by atoms with E-state index in [9.17, 15) is 9.59 Å². The molecule has 1 saturated heterocycles. The lowest BCUT2D eigenvalue weighted by Crippen LogP contribution is -2.32. The Morgan fingerprint density at radius 1 is 0.971 bits per heavy atom. The number of carbonyl (C=O) groups excluding carboxylic acids is 2. The van der Waals surface area contributed by atoms with E-state index in [0.717, 1.165) is 32.5 Å². The van der Waals surface area contributed by atoms with E-state index >= 15 is 0 Å². The molecule has 1 aliphatic heterocycles. The number of nitrogens with two attached hydrogens (primary N) is 2. The van der Waals surface area contributed by atoms with Crippen LogP contribution in [-0.4, -0.2) is 63.7 Å². The molecule has 0 aliphatic carbocycles. The van der Waals surface area contributed by atoms with Crippen LogP contribution in [0.25, 0.3) is 0 Å². The molecule has 3 rings (SSSR count). The van der Waals surface area contributed by atoms with Crippen LogP contribution in [-0.2, 0) is 0 Å². The van der Waals surface area contributed by atoms with Gasteiger partial charge < -0.3 is 36.5 Å². The Kier molecular flexibility index (Phi) is 9.31. The summed E-state index contributed by atoms with van der Waals surface area (Å²) in [6.07, 6.45) is 1.77. The molecule has 2 amide bonds. The van der Waals surface area contributed by atoms with Gasteiger partial charge >= 0.3 is 0 Å². The van der Waals surface area contributed by atoms with Crippen molar-refractivity contribution in [1.29, 1.82) is 0 Å². The lowest BCUT2D eigenvalue weighted by atomic mass is 10.1. The van der Waals surface area contributed by atoms with Crippen LogP contribution in [0.2, 0.25) is 10.0 Å². The monoisotopic (exact) mass is 523 g/mol. The molecule has 190 valence electrons. The molecule has 1 aliphatic rings. The van der Waals surface area contributed by atoms with Gasteiger partial charge in [0.1, 0.15) is 11.5 Å². The van der Waals surface area contributed by atoms with Gasteiger partial charge in [0.05, 0.1) is 46.8 Å². The maximum absolute atomic E-state index is 12.6. The molecular formula is C24H31Cl2N5O4. The highest BCUT2D eigenvalue weighted by molar-refractivity contribution is 6.34. The van der Waals surface area contributed by atoms with Crippen molar-refractivity contribution in [2.75, 3.05) is 58.4 Å². The number of hydrogen-bond acceptors (Lipinski definition) is 7. The summed E-state index contributed by atoms with van der Waals surface area (Å²) in [5.74, 6) is 0.600. The number of nitrogens with one attached hydrogen (secondary N) is 2. The summed E-state index contributed by atoms with van der Waals surface area (Å²) < 4.78 is 10.5. The number of rotatable bonds is 10. The molecule has 2 aromatic carbocycles. The van der Waals surface area contributed by atoms with Crippen molar-refractivity contribution in [3.63, 3.8) is 0 Å². The zero-order valence-corrected chi connectivity index (χ0v) is 21.3. The second-order valence-corrected chi connectivity index (χ2v) is 9.24. The molecule has 0 bridgehead atoms. The highest BCUT2D eigenvalue weighted by atomic mass is 35.5. The number of likely N-dealkylation sites (tertiary alicyclic amines) is 1. The minimum atomic E-state index is -0.260. The molecule has 9 nitrogen and oxygen atoms in total. The quantitative estimate of drug-likeness (QED) is 0.278. The van der Waals surface area contributed by atoms with E-state index in [1.54, 1.807) is 6.07 Å². The summed E-state index contributed by atoms with van der Waals surface area (Å²) in [4.78, 5) is 27.5. The highest BCUT2D eigenvalue weighted by Gasteiger charge is 2.24. The lowest BCUT2D eigenvalue weighted by Gasteiger charge is -2.17. The van der Waals surface area contributed by atoms with Crippen LogP contribution in [0.4, 0.5) is 11.4 Å². The molecule has 0 saturated carbocycles. The number of ether oxygens (including phenoxy) is 2. The van der Waals surface area contributed by atoms with Crippen LogP contribution in [0.1, 0.15) is 33.6 Å². The third-order valence-electron chi connectivity index (χ3n) is 5.98. The Labute approximate surface area is 215 Å². The summed E-state index contributed by atoms with van der Waals surface area (Å²) >= 11 is 12.1. The smallest absolute Gasteiger partial charge is 0.255 e. The van der Waals surface area contributed by atoms with Gasteiger partial charge in [-0.25, -0.2) is 0 Å². The molecular weight excluding hydrogens is 493 g/mol. The number of hydrogen-bond donors (Lipinski definition) is 4. The van der Waals surface area contributed by atoms with E-state index in [-0.39, 0.29) is 11.8 Å². The van der Waals surface area contributed by atoms with Gasteiger partial charge in [0.2, 0.25) is 0 Å². The Hall–Kier alpha value is -2.88. The van der Waals surface area contributed by atoms with E-state index in [0.29, 0.717) is 63.1 Å². The summed E-state index contributed by atoms with van der Waals surface area (Å²) in [6, 6.07) is 6.12. The lowest BCUT2D eigenvalue weighted by molar-refractivity contribution is 0.0939. The van der Waals surface area contributed by atoms with Crippen LogP contribution >= 0.6 is 23.2 Å². The molecule has 35 heavy (non-hydrogen) atoms. The average molecular weight is 524 g/mol. The second kappa shape index (κ2) is 12.2. The zero-order valence-electron chi connectivity index (χ0n) is 19.8. The van der Waals surface area contributed by atoms with Gasteiger partial charge in [-0.2, -0.15) is 0 Å². The largest absolute Gasteiger partial charge is 0.496 e. The van der Waals surface area contributed by atoms with Gasteiger partial charge in [-0.05, 0) is 44.0 Å². The molecule has 0 aromatic heterocycles. The molecule has 1 fully saturated rings. The van der Waals surface area contributed by atoms with Crippen molar-refractivity contribution in [1.82, 2.24) is 15.5 Å². The number of benzene rings is 2. The van der Waals surface area contributed by atoms with E-state index < -0.39 is 0 Å². The molecule has 6 N–H and O–H groups in total. The first-order valence-corrected chi connectivity index (χ1v) is 12.0. The predicted octanol–water partition coefficient (Wildman–Crippen LogP) is 3.05. The SMILES string of the molecule is COc1cc(N)c(Cl)cc1C(=O)NCCCN1CCC(CNC(=O)c2cc(Cl)c(N)cc2OC)C1. The minimum Gasteiger partial charge on any atom is -0.496 e. The Bertz CT molecular complexity index is 1080. The topological polar surface area (TPSA) is 132 Å². The number of halogens is 2. The second-order valence-electron chi connectivity index (χ2n) is 8.42. The van der Waals surface area contributed by atoms with Gasteiger partial charge in [-0.3, -0.25) is 9.59 Å². The van der Waals surface area contributed by atoms with Crippen molar-refractivity contribution in [2.24, 2.45) is 5.92 Å². The summed E-state index contributed by atoms with van der Waals surface area (Å²) in [5, 5.41) is 6.49. The van der Waals surface area contributed by atoms with Crippen LogP contribution in [0.5, 0.6) is 11.5 Å². The third-order valence-corrected chi connectivity index (χ3v) is 6.64.